The highest BCUT2D eigenvalue weighted by molar-refractivity contribution is 7.99. The van der Waals surface area contributed by atoms with Crippen molar-refractivity contribution in [3.63, 3.8) is 0 Å². The van der Waals surface area contributed by atoms with Crippen LogP contribution in [0.1, 0.15) is 28.7 Å². The Bertz CT molecular complexity index is 609. The van der Waals surface area contributed by atoms with Crippen LogP contribution in [0.15, 0.2) is 34.9 Å². The van der Waals surface area contributed by atoms with E-state index in [9.17, 15) is 4.79 Å². The van der Waals surface area contributed by atoms with Crippen molar-refractivity contribution >= 4 is 17.7 Å². The third-order valence-corrected chi connectivity index (χ3v) is 4.56. The minimum atomic E-state index is -0.132. The van der Waals surface area contributed by atoms with Crippen LogP contribution in [0.4, 0.5) is 0 Å². The molecule has 1 aromatic carbocycles. The molecule has 5 nitrogen and oxygen atoms in total. The molecular weight excluding hydrogens is 312 g/mol. The molecule has 0 saturated carbocycles. The summed E-state index contributed by atoms with van der Waals surface area (Å²) < 4.78 is 10.6. The number of aryl methyl sites for hydroxylation is 2. The number of carbonyl (C=O) groups excluding carboxylic acids is 1. The number of carbonyl (C=O) groups is 1. The molecule has 0 aliphatic heterocycles. The molecule has 1 heterocycles. The Labute approximate surface area is 140 Å². The maximum absolute atomic E-state index is 12.0. The zero-order chi connectivity index (χ0) is 16.7. The van der Waals surface area contributed by atoms with Crippen molar-refractivity contribution in [3.8, 4) is 0 Å². The van der Waals surface area contributed by atoms with Gasteiger partial charge in [-0.05, 0) is 19.4 Å². The molecule has 0 aliphatic rings. The molecular formula is C17H22N2O3S. The number of methoxy groups -OCH3 is 1. The van der Waals surface area contributed by atoms with Crippen LogP contribution in [0.3, 0.4) is 0 Å². The van der Waals surface area contributed by atoms with Gasteiger partial charge in [-0.1, -0.05) is 35.5 Å². The fourth-order valence-corrected chi connectivity index (χ4v) is 3.22. The van der Waals surface area contributed by atoms with Crippen molar-refractivity contribution in [2.45, 2.75) is 25.7 Å². The molecule has 23 heavy (non-hydrogen) atoms. The van der Waals surface area contributed by atoms with Crippen molar-refractivity contribution in [3.05, 3.63) is 52.9 Å². The lowest BCUT2D eigenvalue weighted by atomic mass is 10.1. The van der Waals surface area contributed by atoms with Crippen LogP contribution in [0.5, 0.6) is 0 Å². The van der Waals surface area contributed by atoms with E-state index in [4.69, 9.17) is 9.26 Å². The SMILES string of the molecule is COC(CNC(=O)CSCc1c(C)noc1C)c1ccccc1. The summed E-state index contributed by atoms with van der Waals surface area (Å²) in [7, 11) is 1.65. The monoisotopic (exact) mass is 334 g/mol. The van der Waals surface area contributed by atoms with E-state index in [2.05, 4.69) is 10.5 Å². The highest BCUT2D eigenvalue weighted by atomic mass is 32.2. The van der Waals surface area contributed by atoms with Gasteiger partial charge in [0.15, 0.2) is 0 Å². The highest BCUT2D eigenvalue weighted by Gasteiger charge is 2.13. The number of rotatable bonds is 8. The Hall–Kier alpha value is -1.79. The third-order valence-electron chi connectivity index (χ3n) is 3.60. The number of hydrogen-bond acceptors (Lipinski definition) is 5. The van der Waals surface area contributed by atoms with Crippen molar-refractivity contribution in [2.24, 2.45) is 0 Å². The lowest BCUT2D eigenvalue weighted by Crippen LogP contribution is -2.30. The molecule has 2 aromatic rings. The summed E-state index contributed by atoms with van der Waals surface area (Å²) in [5, 5.41) is 6.83. The van der Waals surface area contributed by atoms with E-state index in [-0.39, 0.29) is 12.0 Å². The molecule has 0 bridgehead atoms. The van der Waals surface area contributed by atoms with Crippen LogP contribution in [-0.2, 0) is 15.3 Å². The molecule has 1 atom stereocenters. The lowest BCUT2D eigenvalue weighted by Gasteiger charge is -2.16. The van der Waals surface area contributed by atoms with E-state index >= 15 is 0 Å². The molecule has 6 heteroatoms. The Morgan fingerprint density at radius 1 is 1.35 bits per heavy atom. The summed E-state index contributed by atoms with van der Waals surface area (Å²) in [4.78, 5) is 12.0. The van der Waals surface area contributed by atoms with Gasteiger partial charge in [-0.2, -0.15) is 0 Å². The summed E-state index contributed by atoms with van der Waals surface area (Å²) in [6.07, 6.45) is -0.132. The first-order valence-corrected chi connectivity index (χ1v) is 8.61. The van der Waals surface area contributed by atoms with Crippen LogP contribution < -0.4 is 5.32 Å². The van der Waals surface area contributed by atoms with Crippen LogP contribution in [-0.4, -0.2) is 30.5 Å². The Morgan fingerprint density at radius 2 is 2.09 bits per heavy atom. The van der Waals surface area contributed by atoms with Gasteiger partial charge in [0.05, 0.1) is 17.6 Å². The average molecular weight is 334 g/mol. The molecule has 124 valence electrons. The molecule has 0 fully saturated rings. The molecule has 1 amide bonds. The fraction of sp³-hybridized carbons (Fsp3) is 0.412. The summed E-state index contributed by atoms with van der Waals surface area (Å²) >= 11 is 1.55. The predicted octanol–water partition coefficient (Wildman–Crippen LogP) is 3.03. The van der Waals surface area contributed by atoms with Gasteiger partial charge in [0.1, 0.15) is 5.76 Å². The van der Waals surface area contributed by atoms with Crippen molar-refractivity contribution in [1.82, 2.24) is 10.5 Å². The van der Waals surface area contributed by atoms with E-state index in [0.29, 0.717) is 12.3 Å². The van der Waals surface area contributed by atoms with Crippen molar-refractivity contribution in [2.75, 3.05) is 19.4 Å². The van der Waals surface area contributed by atoms with E-state index in [1.165, 1.54) is 0 Å². The number of ether oxygens (including phenoxy) is 1. The first kappa shape index (κ1) is 17.6. The standard InChI is InChI=1S/C17H22N2O3S/c1-12-15(13(2)22-19-12)10-23-11-17(20)18-9-16(21-3)14-7-5-4-6-8-14/h4-8,16H,9-11H2,1-3H3,(H,18,20). The van der Waals surface area contributed by atoms with Crippen LogP contribution in [0, 0.1) is 13.8 Å². The van der Waals surface area contributed by atoms with E-state index in [0.717, 1.165) is 28.3 Å². The van der Waals surface area contributed by atoms with E-state index in [1.807, 2.05) is 44.2 Å². The second-order valence-corrected chi connectivity index (χ2v) is 6.22. The summed E-state index contributed by atoms with van der Waals surface area (Å²) in [5.74, 6) is 1.94. The predicted molar refractivity (Wildman–Crippen MR) is 91.3 cm³/mol. The molecule has 2 rings (SSSR count). The second-order valence-electron chi connectivity index (χ2n) is 5.23. The third kappa shape index (κ3) is 5.11. The minimum absolute atomic E-state index is 0.000240. The van der Waals surface area contributed by atoms with Crippen molar-refractivity contribution in [1.29, 1.82) is 0 Å². The van der Waals surface area contributed by atoms with Gasteiger partial charge in [-0.15, -0.1) is 11.8 Å². The molecule has 0 saturated heterocycles. The number of thioether (sulfide) groups is 1. The fourth-order valence-electron chi connectivity index (χ4n) is 2.22. The highest BCUT2D eigenvalue weighted by Crippen LogP contribution is 2.19. The topological polar surface area (TPSA) is 64.4 Å². The largest absolute Gasteiger partial charge is 0.375 e. The summed E-state index contributed by atoms with van der Waals surface area (Å²) in [6.45, 7) is 4.26. The van der Waals surface area contributed by atoms with Gasteiger partial charge in [0.25, 0.3) is 0 Å². The first-order valence-electron chi connectivity index (χ1n) is 7.45. The summed E-state index contributed by atoms with van der Waals surface area (Å²) in [5.41, 5.74) is 3.01. The van der Waals surface area contributed by atoms with Gasteiger partial charge in [0.2, 0.25) is 5.91 Å². The van der Waals surface area contributed by atoms with Gasteiger partial charge in [0, 0.05) is 25.0 Å². The summed E-state index contributed by atoms with van der Waals surface area (Å²) in [6, 6.07) is 9.87. The number of aromatic nitrogens is 1. The number of benzene rings is 1. The molecule has 0 radical (unpaired) electrons. The first-order chi connectivity index (χ1) is 11.1. The van der Waals surface area contributed by atoms with E-state index < -0.39 is 0 Å². The quantitative estimate of drug-likeness (QED) is 0.804. The van der Waals surface area contributed by atoms with Gasteiger partial charge in [-0.3, -0.25) is 4.79 Å². The molecule has 0 aliphatic carbocycles. The van der Waals surface area contributed by atoms with Crippen molar-refractivity contribution < 1.29 is 14.1 Å². The van der Waals surface area contributed by atoms with E-state index in [1.54, 1.807) is 18.9 Å². The zero-order valence-corrected chi connectivity index (χ0v) is 14.5. The second kappa shape index (κ2) is 8.74. The zero-order valence-electron chi connectivity index (χ0n) is 13.7. The normalized spacial score (nSPS) is 12.1. The molecule has 0 spiro atoms. The number of nitrogens with one attached hydrogen (secondary N) is 1. The minimum Gasteiger partial charge on any atom is -0.375 e. The number of amides is 1. The van der Waals surface area contributed by atoms with Gasteiger partial charge in [-0.25, -0.2) is 0 Å². The Morgan fingerprint density at radius 3 is 2.70 bits per heavy atom. The molecule has 1 unspecified atom stereocenters. The lowest BCUT2D eigenvalue weighted by molar-refractivity contribution is -0.119. The van der Waals surface area contributed by atoms with Crippen LogP contribution >= 0.6 is 11.8 Å². The van der Waals surface area contributed by atoms with Crippen LogP contribution in [0.2, 0.25) is 0 Å². The maximum Gasteiger partial charge on any atom is 0.230 e. The molecule has 1 aromatic heterocycles. The number of hydrogen-bond donors (Lipinski definition) is 1. The molecule has 1 N–H and O–H groups in total. The Kier molecular flexibility index (Phi) is 6.67. The number of nitrogens with zero attached hydrogens (tertiary/aromatic N) is 1. The van der Waals surface area contributed by atoms with Gasteiger partial charge >= 0.3 is 0 Å². The maximum atomic E-state index is 12.0. The van der Waals surface area contributed by atoms with Gasteiger partial charge < -0.3 is 14.6 Å². The average Bonchev–Trinajstić information content (AvgIpc) is 2.88. The Balaban J connectivity index is 1.74. The smallest absolute Gasteiger partial charge is 0.230 e. The van der Waals surface area contributed by atoms with Crippen LogP contribution in [0.25, 0.3) is 0 Å².